The number of hydrogen-bond donors (Lipinski definition) is 3. The van der Waals surface area contributed by atoms with E-state index in [1.165, 1.54) is 4.90 Å². The van der Waals surface area contributed by atoms with E-state index >= 15 is 0 Å². The Bertz CT molecular complexity index is 1110. The fourth-order valence-corrected chi connectivity index (χ4v) is 4.30. The average molecular weight is 528 g/mol. The van der Waals surface area contributed by atoms with Gasteiger partial charge in [-0.05, 0) is 82.7 Å². The number of anilines is 1. The van der Waals surface area contributed by atoms with Crippen molar-refractivity contribution in [3.8, 4) is 0 Å². The molecule has 0 aromatic heterocycles. The normalized spacial score (nSPS) is 12.9. The van der Waals surface area contributed by atoms with E-state index in [1.807, 2.05) is 71.0 Å². The monoisotopic (exact) mass is 527 g/mol. The molecule has 7 nitrogen and oxygen atoms in total. The van der Waals surface area contributed by atoms with E-state index in [0.29, 0.717) is 18.5 Å². The third-order valence-corrected chi connectivity index (χ3v) is 6.42. The SMILES string of the molecule is CCCN(C(=O)C(CS)NC(=O)OC(C)(C)C)C(C(=O)Nc1c(C)cccc1C)c1ccc(C)c(C)c1. The molecule has 202 valence electrons. The number of rotatable bonds is 9. The number of benzene rings is 2. The summed E-state index contributed by atoms with van der Waals surface area (Å²) in [6, 6.07) is 9.71. The highest BCUT2D eigenvalue weighted by molar-refractivity contribution is 7.80. The van der Waals surface area contributed by atoms with Crippen LogP contribution in [0.5, 0.6) is 0 Å². The van der Waals surface area contributed by atoms with Gasteiger partial charge in [0.15, 0.2) is 0 Å². The van der Waals surface area contributed by atoms with Crippen LogP contribution in [-0.4, -0.2) is 46.7 Å². The number of amides is 3. The minimum absolute atomic E-state index is 0.0520. The maximum atomic E-state index is 13.9. The molecule has 0 saturated carbocycles. The Hall–Kier alpha value is -3.00. The Kier molecular flexibility index (Phi) is 10.6. The van der Waals surface area contributed by atoms with Crippen molar-refractivity contribution in [2.24, 2.45) is 0 Å². The van der Waals surface area contributed by atoms with Crippen molar-refractivity contribution >= 4 is 36.2 Å². The third-order valence-electron chi connectivity index (χ3n) is 6.06. The van der Waals surface area contributed by atoms with Crippen LogP contribution in [0.15, 0.2) is 36.4 Å². The number of nitrogens with one attached hydrogen (secondary N) is 2. The van der Waals surface area contributed by atoms with E-state index in [1.54, 1.807) is 20.8 Å². The van der Waals surface area contributed by atoms with Crippen LogP contribution in [0.1, 0.15) is 68.0 Å². The van der Waals surface area contributed by atoms with E-state index < -0.39 is 29.7 Å². The Morgan fingerprint density at radius 3 is 2.11 bits per heavy atom. The topological polar surface area (TPSA) is 87.7 Å². The third kappa shape index (κ3) is 8.25. The number of thiol groups is 1. The molecule has 0 spiro atoms. The summed E-state index contributed by atoms with van der Waals surface area (Å²) in [7, 11) is 0. The van der Waals surface area contributed by atoms with Crippen molar-refractivity contribution < 1.29 is 19.1 Å². The molecule has 3 amide bonds. The second-order valence-electron chi connectivity index (χ2n) is 10.4. The molecule has 0 aliphatic rings. The quantitative estimate of drug-likeness (QED) is 0.367. The van der Waals surface area contributed by atoms with Gasteiger partial charge in [-0.2, -0.15) is 12.6 Å². The molecule has 2 aromatic rings. The molecule has 37 heavy (non-hydrogen) atoms. The Labute approximate surface area is 226 Å². The Morgan fingerprint density at radius 2 is 1.59 bits per heavy atom. The van der Waals surface area contributed by atoms with Crippen LogP contribution < -0.4 is 10.6 Å². The van der Waals surface area contributed by atoms with Gasteiger partial charge in [0.1, 0.15) is 17.7 Å². The lowest BCUT2D eigenvalue weighted by Crippen LogP contribution is -2.53. The Morgan fingerprint density at radius 1 is 0.973 bits per heavy atom. The number of aryl methyl sites for hydroxylation is 4. The summed E-state index contributed by atoms with van der Waals surface area (Å²) in [5.41, 5.74) is 4.67. The highest BCUT2D eigenvalue weighted by atomic mass is 32.1. The summed E-state index contributed by atoms with van der Waals surface area (Å²) in [6.45, 7) is 15.4. The number of ether oxygens (including phenoxy) is 1. The maximum absolute atomic E-state index is 13.9. The van der Waals surface area contributed by atoms with Crippen LogP contribution >= 0.6 is 12.6 Å². The lowest BCUT2D eigenvalue weighted by molar-refractivity contribution is -0.140. The summed E-state index contributed by atoms with van der Waals surface area (Å²) in [6.07, 6.45) is -0.0887. The first-order valence-corrected chi connectivity index (χ1v) is 13.3. The van der Waals surface area contributed by atoms with Gasteiger partial charge in [0.2, 0.25) is 5.91 Å². The van der Waals surface area contributed by atoms with Crippen molar-refractivity contribution in [1.29, 1.82) is 0 Å². The van der Waals surface area contributed by atoms with Gasteiger partial charge < -0.3 is 20.3 Å². The molecule has 0 saturated heterocycles. The lowest BCUT2D eigenvalue weighted by atomic mass is 9.98. The van der Waals surface area contributed by atoms with Gasteiger partial charge >= 0.3 is 6.09 Å². The zero-order chi connectivity index (χ0) is 27.9. The first kappa shape index (κ1) is 30.2. The van der Waals surface area contributed by atoms with Crippen molar-refractivity contribution in [3.63, 3.8) is 0 Å². The smallest absolute Gasteiger partial charge is 0.408 e. The van der Waals surface area contributed by atoms with E-state index in [4.69, 9.17) is 4.74 Å². The zero-order valence-electron chi connectivity index (χ0n) is 23.3. The van der Waals surface area contributed by atoms with Gasteiger partial charge in [-0.25, -0.2) is 4.79 Å². The number of hydrogen-bond acceptors (Lipinski definition) is 5. The number of nitrogens with zero attached hydrogens (tertiary/aromatic N) is 1. The van der Waals surface area contributed by atoms with Crippen LogP contribution in [0.3, 0.4) is 0 Å². The second kappa shape index (κ2) is 13.0. The second-order valence-corrected chi connectivity index (χ2v) is 10.8. The maximum Gasteiger partial charge on any atom is 0.408 e. The summed E-state index contributed by atoms with van der Waals surface area (Å²) >= 11 is 4.33. The van der Waals surface area contributed by atoms with Crippen molar-refractivity contribution in [3.05, 3.63) is 64.2 Å². The largest absolute Gasteiger partial charge is 0.444 e. The number of carbonyl (C=O) groups excluding carboxylic acids is 3. The van der Waals surface area contributed by atoms with E-state index in [2.05, 4.69) is 23.3 Å². The van der Waals surface area contributed by atoms with Gasteiger partial charge in [0.05, 0.1) is 0 Å². The molecular weight excluding hydrogens is 486 g/mol. The first-order valence-electron chi connectivity index (χ1n) is 12.6. The summed E-state index contributed by atoms with van der Waals surface area (Å²) < 4.78 is 5.35. The van der Waals surface area contributed by atoms with Crippen LogP contribution in [0, 0.1) is 27.7 Å². The minimum Gasteiger partial charge on any atom is -0.444 e. The van der Waals surface area contributed by atoms with Gasteiger partial charge in [0, 0.05) is 18.0 Å². The zero-order valence-corrected chi connectivity index (χ0v) is 24.2. The van der Waals surface area contributed by atoms with E-state index in [9.17, 15) is 14.4 Å². The van der Waals surface area contributed by atoms with E-state index in [-0.39, 0.29) is 11.7 Å². The predicted molar refractivity (Wildman–Crippen MR) is 152 cm³/mol. The molecule has 0 bridgehead atoms. The molecule has 0 fully saturated rings. The molecule has 2 aromatic carbocycles. The van der Waals surface area contributed by atoms with Crippen molar-refractivity contribution in [2.45, 2.75) is 79.5 Å². The van der Waals surface area contributed by atoms with Crippen molar-refractivity contribution in [2.75, 3.05) is 17.6 Å². The fourth-order valence-electron chi connectivity index (χ4n) is 4.05. The fraction of sp³-hybridized carbons (Fsp3) is 0.483. The molecule has 0 aliphatic carbocycles. The van der Waals surface area contributed by atoms with Gasteiger partial charge in [-0.3, -0.25) is 9.59 Å². The Balaban J connectivity index is 2.52. The molecule has 2 unspecified atom stereocenters. The van der Waals surface area contributed by atoms with Crippen LogP contribution in [0.2, 0.25) is 0 Å². The van der Waals surface area contributed by atoms with Crippen LogP contribution in [0.25, 0.3) is 0 Å². The first-order chi connectivity index (χ1) is 17.3. The average Bonchev–Trinajstić information content (AvgIpc) is 2.80. The molecule has 2 atom stereocenters. The number of para-hydroxylation sites is 1. The number of carbonyl (C=O) groups is 3. The summed E-state index contributed by atoms with van der Waals surface area (Å²) in [5.74, 6) is -0.670. The molecule has 2 rings (SSSR count). The van der Waals surface area contributed by atoms with Gasteiger partial charge in [-0.15, -0.1) is 0 Å². The molecule has 0 aliphatic heterocycles. The summed E-state index contributed by atoms with van der Waals surface area (Å²) in [4.78, 5) is 41.8. The molecule has 0 heterocycles. The lowest BCUT2D eigenvalue weighted by Gasteiger charge is -2.34. The van der Waals surface area contributed by atoms with Crippen LogP contribution in [0.4, 0.5) is 10.5 Å². The summed E-state index contributed by atoms with van der Waals surface area (Å²) in [5, 5.41) is 5.70. The highest BCUT2D eigenvalue weighted by Gasteiger charge is 2.36. The van der Waals surface area contributed by atoms with Gasteiger partial charge in [0.25, 0.3) is 5.91 Å². The molecular formula is C29H41N3O4S. The molecule has 8 heteroatoms. The number of alkyl carbamates (subject to hydrolysis) is 1. The standard InChI is InChI=1S/C29H41N3O4S/c1-9-15-32(27(34)23(17-37)30-28(35)36-29(6,7)8)25(22-14-13-18(2)21(5)16-22)26(33)31-24-19(3)11-10-12-20(24)4/h10-14,16,23,25,37H,9,15,17H2,1-8H3,(H,30,35)(H,31,33). The van der Waals surface area contributed by atoms with Crippen molar-refractivity contribution in [1.82, 2.24) is 10.2 Å². The minimum atomic E-state index is -0.966. The van der Waals surface area contributed by atoms with E-state index in [0.717, 1.165) is 27.9 Å². The molecule has 0 radical (unpaired) electrons. The predicted octanol–water partition coefficient (Wildman–Crippen LogP) is 5.66. The van der Waals surface area contributed by atoms with Gasteiger partial charge in [-0.1, -0.05) is 43.3 Å². The highest BCUT2D eigenvalue weighted by Crippen LogP contribution is 2.28. The molecule has 2 N–H and O–H groups in total. The van der Waals surface area contributed by atoms with Crippen LogP contribution in [-0.2, 0) is 14.3 Å².